The third kappa shape index (κ3) is 2.89. The van der Waals surface area contributed by atoms with E-state index in [4.69, 9.17) is 4.74 Å². The van der Waals surface area contributed by atoms with E-state index in [0.717, 1.165) is 6.42 Å². The first-order chi connectivity index (χ1) is 12.1. The summed E-state index contributed by atoms with van der Waals surface area (Å²) in [7, 11) is 0. The van der Waals surface area contributed by atoms with Gasteiger partial charge in [0.25, 0.3) is 5.56 Å². The van der Waals surface area contributed by atoms with Crippen molar-refractivity contribution in [1.82, 2.24) is 14.5 Å². The number of piperidine rings is 1. The fourth-order valence-electron chi connectivity index (χ4n) is 3.84. The van der Waals surface area contributed by atoms with Gasteiger partial charge < -0.3 is 14.6 Å². The van der Waals surface area contributed by atoms with Crippen LogP contribution in [-0.2, 0) is 9.53 Å². The molecule has 7 heteroatoms. The Hall–Kier alpha value is -2.41. The molecule has 2 aliphatic heterocycles. The predicted octanol–water partition coefficient (Wildman–Crippen LogP) is 0.890. The van der Waals surface area contributed by atoms with Gasteiger partial charge in [-0.05, 0) is 31.4 Å². The van der Waals surface area contributed by atoms with Crippen LogP contribution in [0.2, 0.25) is 0 Å². The van der Waals surface area contributed by atoms with Gasteiger partial charge in [0.1, 0.15) is 0 Å². The number of H-pyrrole nitrogens is 1. The average Bonchev–Trinajstić information content (AvgIpc) is 3.16. The maximum absolute atomic E-state index is 12.7. The SMILES string of the molecule is O=C(C1CCOC1)N1CCC(n2c(=O)[nH]c3ccccc3c2=O)CC1. The normalized spacial score (nSPS) is 21.8. The van der Waals surface area contributed by atoms with Crippen LogP contribution in [0.4, 0.5) is 0 Å². The van der Waals surface area contributed by atoms with Gasteiger partial charge in [-0.25, -0.2) is 4.79 Å². The minimum absolute atomic E-state index is 0.0386. The van der Waals surface area contributed by atoms with Crippen molar-refractivity contribution >= 4 is 16.8 Å². The number of rotatable bonds is 2. The number of aromatic amines is 1. The van der Waals surface area contributed by atoms with Crippen LogP contribution in [0.3, 0.4) is 0 Å². The predicted molar refractivity (Wildman–Crippen MR) is 92.6 cm³/mol. The van der Waals surface area contributed by atoms with Crippen molar-refractivity contribution in [3.8, 4) is 0 Å². The lowest BCUT2D eigenvalue weighted by Gasteiger charge is -2.33. The summed E-state index contributed by atoms with van der Waals surface area (Å²) in [6.45, 7) is 2.29. The Labute approximate surface area is 144 Å². The lowest BCUT2D eigenvalue weighted by Crippen LogP contribution is -2.46. The molecule has 0 bridgehead atoms. The Kier molecular flexibility index (Phi) is 4.17. The molecule has 0 saturated carbocycles. The topological polar surface area (TPSA) is 84.4 Å². The molecule has 132 valence electrons. The quantitative estimate of drug-likeness (QED) is 0.878. The number of benzene rings is 1. The monoisotopic (exact) mass is 343 g/mol. The number of hydrogen-bond acceptors (Lipinski definition) is 4. The van der Waals surface area contributed by atoms with Gasteiger partial charge in [-0.15, -0.1) is 0 Å². The zero-order valence-corrected chi connectivity index (χ0v) is 13.9. The number of carbonyl (C=O) groups excluding carboxylic acids is 1. The number of carbonyl (C=O) groups is 1. The number of nitrogens with zero attached hydrogens (tertiary/aromatic N) is 2. The molecule has 1 aromatic carbocycles. The Balaban J connectivity index is 1.55. The summed E-state index contributed by atoms with van der Waals surface area (Å²) >= 11 is 0. The van der Waals surface area contributed by atoms with Crippen LogP contribution in [0, 0.1) is 5.92 Å². The van der Waals surface area contributed by atoms with E-state index in [1.54, 1.807) is 24.3 Å². The number of fused-ring (bicyclic) bond motifs is 1. The van der Waals surface area contributed by atoms with Gasteiger partial charge in [0.2, 0.25) is 5.91 Å². The second kappa shape index (κ2) is 6.48. The molecular formula is C18H21N3O4. The number of likely N-dealkylation sites (tertiary alicyclic amines) is 1. The molecule has 2 aromatic rings. The molecule has 2 aliphatic rings. The maximum Gasteiger partial charge on any atom is 0.329 e. The Bertz CT molecular complexity index is 902. The maximum atomic E-state index is 12.7. The molecule has 0 spiro atoms. The van der Waals surface area contributed by atoms with Crippen LogP contribution in [0.25, 0.3) is 10.9 Å². The fourth-order valence-corrected chi connectivity index (χ4v) is 3.84. The molecule has 7 nitrogen and oxygen atoms in total. The molecule has 25 heavy (non-hydrogen) atoms. The molecule has 2 fully saturated rings. The Morgan fingerprint density at radius 2 is 1.88 bits per heavy atom. The number of nitrogens with one attached hydrogen (secondary N) is 1. The number of amides is 1. The summed E-state index contributed by atoms with van der Waals surface area (Å²) in [4.78, 5) is 42.2. The van der Waals surface area contributed by atoms with Crippen molar-refractivity contribution in [3.05, 3.63) is 45.1 Å². The highest BCUT2D eigenvalue weighted by Crippen LogP contribution is 2.23. The van der Waals surface area contributed by atoms with Gasteiger partial charge >= 0.3 is 5.69 Å². The van der Waals surface area contributed by atoms with Crippen LogP contribution >= 0.6 is 0 Å². The summed E-state index contributed by atoms with van der Waals surface area (Å²) in [6.07, 6.45) is 2.00. The van der Waals surface area contributed by atoms with Crippen molar-refractivity contribution in [2.45, 2.75) is 25.3 Å². The largest absolute Gasteiger partial charge is 0.381 e. The van der Waals surface area contributed by atoms with Gasteiger partial charge in [0.15, 0.2) is 0 Å². The lowest BCUT2D eigenvalue weighted by molar-refractivity contribution is -0.136. The zero-order chi connectivity index (χ0) is 17.4. The number of para-hydroxylation sites is 1. The number of aromatic nitrogens is 2. The molecule has 0 aliphatic carbocycles. The highest BCUT2D eigenvalue weighted by Gasteiger charge is 2.31. The third-order valence-corrected chi connectivity index (χ3v) is 5.26. The van der Waals surface area contributed by atoms with Crippen LogP contribution in [0.1, 0.15) is 25.3 Å². The van der Waals surface area contributed by atoms with Crippen molar-refractivity contribution < 1.29 is 9.53 Å². The summed E-state index contributed by atoms with van der Waals surface area (Å²) < 4.78 is 6.62. The third-order valence-electron chi connectivity index (χ3n) is 5.26. The van der Waals surface area contributed by atoms with E-state index >= 15 is 0 Å². The van der Waals surface area contributed by atoms with Crippen molar-refractivity contribution in [2.24, 2.45) is 5.92 Å². The summed E-state index contributed by atoms with van der Waals surface area (Å²) in [5, 5.41) is 0.517. The summed E-state index contributed by atoms with van der Waals surface area (Å²) in [5.41, 5.74) is -0.0754. The standard InChI is InChI=1S/C18H21N3O4/c22-16(12-7-10-25-11-12)20-8-5-13(6-9-20)21-17(23)14-3-1-2-4-15(14)19-18(21)24/h1-4,12-13H,5-11H2,(H,19,24). The average molecular weight is 343 g/mol. The van der Waals surface area contributed by atoms with Crippen LogP contribution in [-0.4, -0.2) is 46.7 Å². The van der Waals surface area contributed by atoms with E-state index < -0.39 is 0 Å². The summed E-state index contributed by atoms with van der Waals surface area (Å²) in [6, 6.07) is 6.86. The fraction of sp³-hybridized carbons (Fsp3) is 0.500. The van der Waals surface area contributed by atoms with Crippen LogP contribution in [0.15, 0.2) is 33.9 Å². The molecular weight excluding hydrogens is 322 g/mol. The van der Waals surface area contributed by atoms with Crippen molar-refractivity contribution in [1.29, 1.82) is 0 Å². The van der Waals surface area contributed by atoms with Crippen LogP contribution in [0.5, 0.6) is 0 Å². The molecule has 1 unspecified atom stereocenters. The molecule has 1 N–H and O–H groups in total. The van der Waals surface area contributed by atoms with E-state index in [2.05, 4.69) is 4.98 Å². The molecule has 3 heterocycles. The molecule has 1 atom stereocenters. The van der Waals surface area contributed by atoms with Crippen molar-refractivity contribution in [3.63, 3.8) is 0 Å². The molecule has 4 rings (SSSR count). The first kappa shape index (κ1) is 16.1. The van der Waals surface area contributed by atoms with Gasteiger partial charge in [-0.2, -0.15) is 0 Å². The second-order valence-corrected chi connectivity index (χ2v) is 6.77. The first-order valence-electron chi connectivity index (χ1n) is 8.75. The number of hydrogen-bond donors (Lipinski definition) is 1. The molecule has 1 aromatic heterocycles. The summed E-state index contributed by atoms with van der Waals surface area (Å²) in [5.74, 6) is 0.0964. The van der Waals surface area contributed by atoms with Gasteiger partial charge in [-0.3, -0.25) is 14.2 Å². The first-order valence-corrected chi connectivity index (χ1v) is 8.75. The highest BCUT2D eigenvalue weighted by atomic mass is 16.5. The molecule has 2 saturated heterocycles. The van der Waals surface area contributed by atoms with Gasteiger partial charge in [0.05, 0.1) is 23.4 Å². The lowest BCUT2D eigenvalue weighted by atomic mass is 10.0. The second-order valence-electron chi connectivity index (χ2n) is 6.77. The number of ether oxygens (including phenoxy) is 1. The van der Waals surface area contributed by atoms with Crippen molar-refractivity contribution in [2.75, 3.05) is 26.3 Å². The van der Waals surface area contributed by atoms with Gasteiger partial charge in [0, 0.05) is 25.7 Å². The Morgan fingerprint density at radius 3 is 2.60 bits per heavy atom. The van der Waals surface area contributed by atoms with Gasteiger partial charge in [-0.1, -0.05) is 12.1 Å². The van der Waals surface area contributed by atoms with E-state index in [-0.39, 0.29) is 29.1 Å². The Morgan fingerprint density at radius 1 is 1.12 bits per heavy atom. The van der Waals surface area contributed by atoms with E-state index in [1.165, 1.54) is 4.57 Å². The van der Waals surface area contributed by atoms with E-state index in [0.29, 0.717) is 50.0 Å². The highest BCUT2D eigenvalue weighted by molar-refractivity contribution is 5.79. The zero-order valence-electron chi connectivity index (χ0n) is 13.9. The van der Waals surface area contributed by atoms with E-state index in [9.17, 15) is 14.4 Å². The minimum atomic E-state index is -0.377. The minimum Gasteiger partial charge on any atom is -0.381 e. The molecule has 1 amide bonds. The van der Waals surface area contributed by atoms with Crippen LogP contribution < -0.4 is 11.2 Å². The smallest absolute Gasteiger partial charge is 0.329 e. The van der Waals surface area contributed by atoms with E-state index in [1.807, 2.05) is 4.90 Å². The molecule has 0 radical (unpaired) electrons.